The van der Waals surface area contributed by atoms with E-state index in [1.807, 2.05) is 10.8 Å². The van der Waals surface area contributed by atoms with Crippen molar-refractivity contribution in [3.05, 3.63) is 36.6 Å². The number of aromatic nitrogens is 2. The monoisotopic (exact) mass is 298 g/mol. The van der Waals surface area contributed by atoms with Gasteiger partial charge in [-0.1, -0.05) is 0 Å². The van der Waals surface area contributed by atoms with Gasteiger partial charge in [0.15, 0.2) is 0 Å². The first-order valence-corrected chi connectivity index (χ1v) is 7.62. The van der Waals surface area contributed by atoms with Crippen LogP contribution in [0.1, 0.15) is 5.76 Å². The third kappa shape index (κ3) is 3.47. The summed E-state index contributed by atoms with van der Waals surface area (Å²) in [5, 5.41) is 3.15. The normalized spacial score (nSPS) is 12.2. The molecule has 1 N–H and O–H groups in total. The van der Waals surface area contributed by atoms with E-state index in [0.29, 0.717) is 12.3 Å². The van der Waals surface area contributed by atoms with Crippen molar-refractivity contribution in [3.63, 3.8) is 0 Å². The van der Waals surface area contributed by atoms with E-state index in [2.05, 4.69) is 10.3 Å². The molecule has 2 rings (SSSR count). The molecule has 110 valence electrons. The first-order valence-electron chi connectivity index (χ1n) is 6.18. The highest BCUT2D eigenvalue weighted by molar-refractivity contribution is 7.88. The van der Waals surface area contributed by atoms with E-state index >= 15 is 0 Å². The molecule has 0 radical (unpaired) electrons. The maximum atomic E-state index is 11.8. The van der Waals surface area contributed by atoms with Crippen molar-refractivity contribution in [2.75, 3.05) is 20.6 Å². The van der Waals surface area contributed by atoms with E-state index in [0.717, 1.165) is 17.4 Å². The Morgan fingerprint density at radius 2 is 2.20 bits per heavy atom. The fourth-order valence-corrected chi connectivity index (χ4v) is 2.42. The zero-order chi connectivity index (χ0) is 14.6. The molecule has 0 atom stereocenters. The standard InChI is InChI=1S/C12H18N4O3S/c1-15(2)20(17,18)12-4-3-11(19-12)9-13-5-7-16-8-6-14-10-16/h3-4,6,8,10,13H,5,7,9H2,1-2H3. The molecule has 0 amide bonds. The minimum Gasteiger partial charge on any atom is -0.447 e. The molecule has 0 aliphatic carbocycles. The van der Waals surface area contributed by atoms with Crippen LogP contribution >= 0.6 is 0 Å². The zero-order valence-corrected chi connectivity index (χ0v) is 12.3. The third-order valence-electron chi connectivity index (χ3n) is 2.78. The number of furan rings is 1. The molecule has 0 saturated carbocycles. The van der Waals surface area contributed by atoms with Gasteiger partial charge in [0.1, 0.15) is 5.76 Å². The summed E-state index contributed by atoms with van der Waals surface area (Å²) in [6, 6.07) is 3.14. The van der Waals surface area contributed by atoms with Crippen LogP contribution in [0.3, 0.4) is 0 Å². The first kappa shape index (κ1) is 14.8. The number of hydrogen-bond donors (Lipinski definition) is 1. The van der Waals surface area contributed by atoms with Crippen molar-refractivity contribution in [2.24, 2.45) is 0 Å². The van der Waals surface area contributed by atoms with Crippen LogP contribution in [0, 0.1) is 0 Å². The van der Waals surface area contributed by atoms with E-state index in [1.54, 1.807) is 18.6 Å². The Kier molecular flexibility index (Phi) is 4.58. The molecule has 2 heterocycles. The molecule has 2 aromatic heterocycles. The van der Waals surface area contributed by atoms with Gasteiger partial charge >= 0.3 is 0 Å². The number of imidazole rings is 1. The maximum Gasteiger partial charge on any atom is 0.275 e. The van der Waals surface area contributed by atoms with Crippen LogP contribution in [0.2, 0.25) is 0 Å². The highest BCUT2D eigenvalue weighted by Gasteiger charge is 2.21. The largest absolute Gasteiger partial charge is 0.447 e. The lowest BCUT2D eigenvalue weighted by Crippen LogP contribution is -2.21. The summed E-state index contributed by atoms with van der Waals surface area (Å²) in [4.78, 5) is 3.95. The Balaban J connectivity index is 1.84. The van der Waals surface area contributed by atoms with Crippen LogP contribution in [-0.2, 0) is 23.1 Å². The molecule has 2 aromatic rings. The van der Waals surface area contributed by atoms with Crippen molar-refractivity contribution < 1.29 is 12.8 Å². The van der Waals surface area contributed by atoms with Crippen LogP contribution in [0.5, 0.6) is 0 Å². The van der Waals surface area contributed by atoms with Gasteiger partial charge in [0.2, 0.25) is 5.09 Å². The lowest BCUT2D eigenvalue weighted by Gasteiger charge is -2.08. The Morgan fingerprint density at radius 3 is 2.85 bits per heavy atom. The van der Waals surface area contributed by atoms with Crippen molar-refractivity contribution in [3.8, 4) is 0 Å². The second-order valence-electron chi connectivity index (χ2n) is 4.49. The maximum absolute atomic E-state index is 11.8. The van der Waals surface area contributed by atoms with Gasteiger partial charge in [-0.05, 0) is 12.1 Å². The van der Waals surface area contributed by atoms with Gasteiger partial charge in [-0.25, -0.2) is 17.7 Å². The quantitative estimate of drug-likeness (QED) is 0.754. The fraction of sp³-hybridized carbons (Fsp3) is 0.417. The Hall–Kier alpha value is -1.64. The summed E-state index contributed by atoms with van der Waals surface area (Å²) in [7, 11) is -0.549. The second kappa shape index (κ2) is 6.21. The lowest BCUT2D eigenvalue weighted by molar-refractivity contribution is 0.388. The molecule has 8 heteroatoms. The van der Waals surface area contributed by atoms with Crippen LogP contribution in [0.15, 0.2) is 40.4 Å². The van der Waals surface area contributed by atoms with Gasteiger partial charge in [-0.15, -0.1) is 0 Å². The number of nitrogens with one attached hydrogen (secondary N) is 1. The lowest BCUT2D eigenvalue weighted by atomic mass is 10.4. The molecule has 0 fully saturated rings. The van der Waals surface area contributed by atoms with Crippen molar-refractivity contribution in [1.82, 2.24) is 19.2 Å². The van der Waals surface area contributed by atoms with Gasteiger partial charge < -0.3 is 14.3 Å². The van der Waals surface area contributed by atoms with Crippen LogP contribution in [0.4, 0.5) is 0 Å². The minimum atomic E-state index is -3.50. The Bertz CT molecular complexity index is 631. The average Bonchev–Trinajstić information content (AvgIpc) is 3.06. The van der Waals surface area contributed by atoms with E-state index in [9.17, 15) is 8.42 Å². The number of sulfonamides is 1. The summed E-state index contributed by atoms with van der Waals surface area (Å²) in [6.07, 6.45) is 5.36. The van der Waals surface area contributed by atoms with E-state index in [1.165, 1.54) is 20.2 Å². The van der Waals surface area contributed by atoms with E-state index in [4.69, 9.17) is 4.42 Å². The van der Waals surface area contributed by atoms with Gasteiger partial charge in [0, 0.05) is 39.6 Å². The van der Waals surface area contributed by atoms with Crippen molar-refractivity contribution in [1.29, 1.82) is 0 Å². The third-order valence-corrected chi connectivity index (χ3v) is 4.47. The Labute approximate surface area is 118 Å². The number of hydrogen-bond acceptors (Lipinski definition) is 5. The summed E-state index contributed by atoms with van der Waals surface area (Å²) in [6.45, 7) is 2.02. The topological polar surface area (TPSA) is 80.4 Å². The molecule has 0 aliphatic heterocycles. The fourth-order valence-electron chi connectivity index (χ4n) is 1.61. The molecule has 7 nitrogen and oxygen atoms in total. The molecule has 0 bridgehead atoms. The Morgan fingerprint density at radius 1 is 1.40 bits per heavy atom. The predicted molar refractivity (Wildman–Crippen MR) is 73.5 cm³/mol. The zero-order valence-electron chi connectivity index (χ0n) is 11.5. The summed E-state index contributed by atoms with van der Waals surface area (Å²) in [5.74, 6) is 0.594. The molecular formula is C12H18N4O3S. The highest BCUT2D eigenvalue weighted by Crippen LogP contribution is 2.16. The smallest absolute Gasteiger partial charge is 0.275 e. The molecule has 0 saturated heterocycles. The highest BCUT2D eigenvalue weighted by atomic mass is 32.2. The predicted octanol–water partition coefficient (Wildman–Crippen LogP) is 0.516. The van der Waals surface area contributed by atoms with E-state index < -0.39 is 10.0 Å². The van der Waals surface area contributed by atoms with Gasteiger partial charge in [0.25, 0.3) is 10.0 Å². The molecule has 0 aliphatic rings. The van der Waals surface area contributed by atoms with Gasteiger partial charge in [-0.2, -0.15) is 0 Å². The molecule has 20 heavy (non-hydrogen) atoms. The molecular weight excluding hydrogens is 280 g/mol. The van der Waals surface area contributed by atoms with Crippen molar-refractivity contribution >= 4 is 10.0 Å². The minimum absolute atomic E-state index is 0.0334. The first-order chi connectivity index (χ1) is 9.50. The second-order valence-corrected chi connectivity index (χ2v) is 6.57. The van der Waals surface area contributed by atoms with Gasteiger partial charge in [0.05, 0.1) is 12.9 Å². The SMILES string of the molecule is CN(C)S(=O)(=O)c1ccc(CNCCn2ccnc2)o1. The number of nitrogens with zero attached hydrogens (tertiary/aromatic N) is 3. The van der Waals surface area contributed by atoms with Crippen molar-refractivity contribution in [2.45, 2.75) is 18.2 Å². The summed E-state index contributed by atoms with van der Waals surface area (Å²) >= 11 is 0. The summed E-state index contributed by atoms with van der Waals surface area (Å²) < 4.78 is 32.1. The van der Waals surface area contributed by atoms with Gasteiger partial charge in [-0.3, -0.25) is 0 Å². The van der Waals surface area contributed by atoms with E-state index in [-0.39, 0.29) is 5.09 Å². The molecule has 0 aromatic carbocycles. The van der Waals surface area contributed by atoms with Crippen LogP contribution in [-0.4, -0.2) is 42.9 Å². The summed E-state index contributed by atoms with van der Waals surface area (Å²) in [5.41, 5.74) is 0. The molecule has 0 spiro atoms. The molecule has 0 unspecified atom stereocenters. The van der Waals surface area contributed by atoms with Crippen LogP contribution in [0.25, 0.3) is 0 Å². The average molecular weight is 298 g/mol. The van der Waals surface area contributed by atoms with Crippen LogP contribution < -0.4 is 5.32 Å². The number of rotatable bonds is 7.